The maximum Gasteiger partial charge on any atom is 0.327 e. The van der Waals surface area contributed by atoms with Crippen molar-refractivity contribution in [1.29, 1.82) is 0 Å². The van der Waals surface area contributed by atoms with E-state index in [0.717, 1.165) is 31.7 Å². The maximum absolute atomic E-state index is 13.6. The molecular weight excluding hydrogens is 278 g/mol. The lowest BCUT2D eigenvalue weighted by Crippen LogP contribution is -2.35. The highest BCUT2D eigenvalue weighted by molar-refractivity contribution is 5.62. The summed E-state index contributed by atoms with van der Waals surface area (Å²) in [5.74, 6) is -1.18. The molecule has 116 valence electrons. The van der Waals surface area contributed by atoms with Crippen molar-refractivity contribution < 1.29 is 13.7 Å². The lowest BCUT2D eigenvalue weighted by molar-refractivity contribution is -0.386. The lowest BCUT2D eigenvalue weighted by atomic mass is 9.77. The van der Waals surface area contributed by atoms with Crippen molar-refractivity contribution in [2.75, 3.05) is 5.32 Å². The Labute approximate surface area is 122 Å². The molecule has 1 aliphatic rings. The van der Waals surface area contributed by atoms with Crippen molar-refractivity contribution in [1.82, 2.24) is 0 Å². The van der Waals surface area contributed by atoms with E-state index in [1.54, 1.807) is 0 Å². The number of hydrogen-bond acceptors (Lipinski definition) is 3. The summed E-state index contributed by atoms with van der Waals surface area (Å²) in [6.07, 6.45) is 4.03. The standard InChI is InChI=1S/C15H20F2N2O2/c1-9(2)11-5-3-4-6-13(11)18-14-8-10(16)7-12(17)15(14)19(20)21/h7-9,11,13,18H,3-6H2,1-2H3. The predicted octanol–water partition coefficient (Wildman–Crippen LogP) is 4.50. The summed E-state index contributed by atoms with van der Waals surface area (Å²) in [4.78, 5) is 10.2. The molecule has 1 N–H and O–H groups in total. The molecule has 0 aliphatic heterocycles. The smallest absolute Gasteiger partial charge is 0.327 e. The van der Waals surface area contributed by atoms with Gasteiger partial charge in [-0.25, -0.2) is 4.39 Å². The zero-order chi connectivity index (χ0) is 15.6. The van der Waals surface area contributed by atoms with Gasteiger partial charge in [-0.05, 0) is 24.7 Å². The number of benzene rings is 1. The molecule has 21 heavy (non-hydrogen) atoms. The van der Waals surface area contributed by atoms with Crippen molar-refractivity contribution in [3.05, 3.63) is 33.9 Å². The summed E-state index contributed by atoms with van der Waals surface area (Å²) in [6, 6.07) is 1.57. The Balaban J connectivity index is 2.31. The van der Waals surface area contributed by atoms with Gasteiger partial charge < -0.3 is 5.32 Å². The Kier molecular flexibility index (Phi) is 4.75. The number of halogens is 2. The van der Waals surface area contributed by atoms with E-state index in [0.29, 0.717) is 17.9 Å². The second-order valence-corrected chi connectivity index (χ2v) is 5.98. The number of nitrogens with one attached hydrogen (secondary N) is 1. The summed E-state index contributed by atoms with van der Waals surface area (Å²) in [7, 11) is 0. The van der Waals surface area contributed by atoms with Crippen LogP contribution in [0.1, 0.15) is 39.5 Å². The molecule has 0 heterocycles. The van der Waals surface area contributed by atoms with E-state index in [2.05, 4.69) is 19.2 Å². The molecule has 2 atom stereocenters. The van der Waals surface area contributed by atoms with Crippen LogP contribution in [0.5, 0.6) is 0 Å². The van der Waals surface area contributed by atoms with Crippen molar-refractivity contribution in [3.8, 4) is 0 Å². The quantitative estimate of drug-likeness (QED) is 0.657. The monoisotopic (exact) mass is 298 g/mol. The highest BCUT2D eigenvalue weighted by atomic mass is 19.1. The maximum atomic E-state index is 13.6. The number of anilines is 1. The number of nitro benzene ring substituents is 1. The van der Waals surface area contributed by atoms with Crippen molar-refractivity contribution in [2.24, 2.45) is 11.8 Å². The molecular formula is C15H20F2N2O2. The molecule has 0 bridgehead atoms. The zero-order valence-electron chi connectivity index (χ0n) is 12.2. The topological polar surface area (TPSA) is 55.2 Å². The van der Waals surface area contributed by atoms with Crippen LogP contribution in [0.4, 0.5) is 20.2 Å². The van der Waals surface area contributed by atoms with Crippen LogP contribution in [0.25, 0.3) is 0 Å². The largest absolute Gasteiger partial charge is 0.376 e. The van der Waals surface area contributed by atoms with E-state index in [4.69, 9.17) is 0 Å². The van der Waals surface area contributed by atoms with E-state index in [9.17, 15) is 18.9 Å². The minimum Gasteiger partial charge on any atom is -0.376 e. The first-order valence-corrected chi connectivity index (χ1v) is 7.30. The molecule has 4 nitrogen and oxygen atoms in total. The normalized spacial score (nSPS) is 22.3. The third kappa shape index (κ3) is 3.49. The van der Waals surface area contributed by atoms with Crippen molar-refractivity contribution in [3.63, 3.8) is 0 Å². The Morgan fingerprint density at radius 1 is 1.29 bits per heavy atom. The first-order valence-electron chi connectivity index (χ1n) is 7.30. The molecule has 0 spiro atoms. The van der Waals surface area contributed by atoms with Crippen LogP contribution in [-0.4, -0.2) is 11.0 Å². The second-order valence-electron chi connectivity index (χ2n) is 5.98. The Bertz CT molecular complexity index is 535. The molecule has 0 radical (unpaired) electrons. The van der Waals surface area contributed by atoms with Gasteiger partial charge in [-0.3, -0.25) is 10.1 Å². The van der Waals surface area contributed by atoms with Gasteiger partial charge in [0.1, 0.15) is 11.5 Å². The van der Waals surface area contributed by atoms with Gasteiger partial charge in [0.05, 0.1) is 4.92 Å². The van der Waals surface area contributed by atoms with E-state index in [1.807, 2.05) is 0 Å². The lowest BCUT2D eigenvalue weighted by Gasteiger charge is -2.35. The van der Waals surface area contributed by atoms with Gasteiger partial charge in [0.15, 0.2) is 0 Å². The molecule has 1 fully saturated rings. The van der Waals surface area contributed by atoms with Gasteiger partial charge >= 0.3 is 5.69 Å². The molecule has 6 heteroatoms. The van der Waals surface area contributed by atoms with Gasteiger partial charge in [-0.15, -0.1) is 0 Å². The van der Waals surface area contributed by atoms with Crippen molar-refractivity contribution >= 4 is 11.4 Å². The highest BCUT2D eigenvalue weighted by Gasteiger charge is 2.30. The fourth-order valence-electron chi connectivity index (χ4n) is 3.20. The molecule has 1 aromatic carbocycles. The molecule has 2 unspecified atom stereocenters. The summed E-state index contributed by atoms with van der Waals surface area (Å²) < 4.78 is 27.0. The van der Waals surface area contributed by atoms with Crippen LogP contribution < -0.4 is 5.32 Å². The van der Waals surface area contributed by atoms with Crippen LogP contribution in [0.3, 0.4) is 0 Å². The second kappa shape index (κ2) is 6.37. The summed E-state index contributed by atoms with van der Waals surface area (Å²) >= 11 is 0. The summed E-state index contributed by atoms with van der Waals surface area (Å²) in [5.41, 5.74) is -0.737. The fourth-order valence-corrected chi connectivity index (χ4v) is 3.20. The zero-order valence-corrected chi connectivity index (χ0v) is 12.2. The third-order valence-electron chi connectivity index (χ3n) is 4.23. The Morgan fingerprint density at radius 2 is 1.95 bits per heavy atom. The van der Waals surface area contributed by atoms with Crippen LogP contribution in [0, 0.1) is 33.6 Å². The van der Waals surface area contributed by atoms with Gasteiger partial charge in [-0.2, -0.15) is 4.39 Å². The van der Waals surface area contributed by atoms with E-state index < -0.39 is 22.2 Å². The van der Waals surface area contributed by atoms with Crippen molar-refractivity contribution in [2.45, 2.75) is 45.6 Å². The SMILES string of the molecule is CC(C)C1CCCCC1Nc1cc(F)cc(F)c1[N+](=O)[O-]. The van der Waals surface area contributed by atoms with E-state index in [-0.39, 0.29) is 11.7 Å². The number of rotatable bonds is 4. The number of nitrogens with zero attached hydrogens (tertiary/aromatic N) is 1. The third-order valence-corrected chi connectivity index (χ3v) is 4.23. The molecule has 0 saturated heterocycles. The molecule has 1 aliphatic carbocycles. The van der Waals surface area contributed by atoms with Crippen LogP contribution in [0.15, 0.2) is 12.1 Å². The Hall–Kier alpha value is -1.72. The molecule has 2 rings (SSSR count). The van der Waals surface area contributed by atoms with Crippen LogP contribution in [-0.2, 0) is 0 Å². The van der Waals surface area contributed by atoms with Crippen LogP contribution >= 0.6 is 0 Å². The minimum atomic E-state index is -1.14. The average molecular weight is 298 g/mol. The van der Waals surface area contributed by atoms with Gasteiger partial charge in [0.2, 0.25) is 5.82 Å². The van der Waals surface area contributed by atoms with E-state index >= 15 is 0 Å². The average Bonchev–Trinajstić information content (AvgIpc) is 2.37. The number of hydrogen-bond donors (Lipinski definition) is 1. The summed E-state index contributed by atoms with van der Waals surface area (Å²) in [5, 5.41) is 14.0. The minimum absolute atomic E-state index is 0.0126. The molecule has 0 amide bonds. The number of nitro groups is 1. The Morgan fingerprint density at radius 3 is 2.57 bits per heavy atom. The fraction of sp³-hybridized carbons (Fsp3) is 0.600. The summed E-state index contributed by atoms with van der Waals surface area (Å²) in [6.45, 7) is 4.20. The predicted molar refractivity (Wildman–Crippen MR) is 77.2 cm³/mol. The first-order chi connectivity index (χ1) is 9.90. The highest BCUT2D eigenvalue weighted by Crippen LogP contribution is 2.35. The molecule has 1 saturated carbocycles. The van der Waals surface area contributed by atoms with Gasteiger partial charge in [0, 0.05) is 18.2 Å². The molecule has 1 aromatic rings. The van der Waals surface area contributed by atoms with Gasteiger partial charge in [-0.1, -0.05) is 26.7 Å². The van der Waals surface area contributed by atoms with Gasteiger partial charge in [0.25, 0.3) is 0 Å². The molecule has 0 aromatic heterocycles. The van der Waals surface area contributed by atoms with E-state index in [1.165, 1.54) is 0 Å². The first kappa shape index (κ1) is 15.7. The van der Waals surface area contributed by atoms with Crippen LogP contribution in [0.2, 0.25) is 0 Å².